The van der Waals surface area contributed by atoms with Crippen molar-refractivity contribution in [3.8, 4) is 0 Å². The summed E-state index contributed by atoms with van der Waals surface area (Å²) in [4.78, 5) is 6.12. The van der Waals surface area contributed by atoms with E-state index in [4.69, 9.17) is 0 Å². The van der Waals surface area contributed by atoms with Crippen LogP contribution >= 0.6 is 0 Å². The molecule has 0 saturated carbocycles. The van der Waals surface area contributed by atoms with Gasteiger partial charge in [-0.05, 0) is 32.1 Å². The minimum absolute atomic E-state index is 0.0379. The van der Waals surface area contributed by atoms with Crippen molar-refractivity contribution in [1.29, 1.82) is 0 Å². The van der Waals surface area contributed by atoms with Crippen molar-refractivity contribution in [2.24, 2.45) is 0 Å². The molecule has 1 unspecified atom stereocenters. The van der Waals surface area contributed by atoms with E-state index in [1.54, 1.807) is 0 Å². The molecule has 1 aromatic heterocycles. The molecule has 0 aliphatic rings. The molecule has 0 aromatic carbocycles. The van der Waals surface area contributed by atoms with Gasteiger partial charge < -0.3 is 10.2 Å². The highest BCUT2D eigenvalue weighted by Crippen LogP contribution is 2.29. The number of nitrogens with one attached hydrogen (secondary N) is 1. The number of alkyl halides is 3. The zero-order valence-electron chi connectivity index (χ0n) is 11.5. The van der Waals surface area contributed by atoms with Gasteiger partial charge in [0.25, 0.3) is 0 Å². The summed E-state index contributed by atoms with van der Waals surface area (Å²) in [5.41, 5.74) is -0.681. The highest BCUT2D eigenvalue weighted by atomic mass is 19.4. The molecule has 108 valence electrons. The van der Waals surface area contributed by atoms with Gasteiger partial charge in [-0.25, -0.2) is 4.98 Å². The third-order valence-corrected chi connectivity index (χ3v) is 2.91. The van der Waals surface area contributed by atoms with Crippen molar-refractivity contribution < 1.29 is 13.2 Å². The molecule has 1 aromatic rings. The summed E-state index contributed by atoms with van der Waals surface area (Å²) in [7, 11) is 0. The molecule has 1 heterocycles. The van der Waals surface area contributed by atoms with Crippen molar-refractivity contribution >= 4 is 5.82 Å². The van der Waals surface area contributed by atoms with Crippen molar-refractivity contribution in [3.63, 3.8) is 0 Å². The van der Waals surface area contributed by atoms with Crippen LogP contribution in [0.3, 0.4) is 0 Å². The molecule has 6 heteroatoms. The molecule has 0 bridgehead atoms. The van der Waals surface area contributed by atoms with Gasteiger partial charge in [-0.1, -0.05) is 13.8 Å². The molecule has 0 aliphatic heterocycles. The van der Waals surface area contributed by atoms with Gasteiger partial charge in [-0.3, -0.25) is 0 Å². The Morgan fingerprint density at radius 1 is 1.32 bits per heavy atom. The first-order valence-corrected chi connectivity index (χ1v) is 6.39. The molecule has 3 nitrogen and oxygen atoms in total. The van der Waals surface area contributed by atoms with Crippen molar-refractivity contribution in [2.75, 3.05) is 25.0 Å². The minimum atomic E-state index is -4.33. The Bertz CT molecular complexity index is 389. The number of hydrogen-bond donors (Lipinski definition) is 1. The molecule has 19 heavy (non-hydrogen) atoms. The van der Waals surface area contributed by atoms with Gasteiger partial charge >= 0.3 is 6.18 Å². The number of pyridine rings is 1. The van der Waals surface area contributed by atoms with Gasteiger partial charge in [-0.15, -0.1) is 0 Å². The van der Waals surface area contributed by atoms with Gasteiger partial charge in [0.1, 0.15) is 5.82 Å². The topological polar surface area (TPSA) is 28.2 Å². The molecule has 1 N–H and O–H groups in total. The number of halogens is 3. The standard InChI is InChI=1S/C13H20F3N3/c1-4-19(5-2)9-10(3)18-12-8-11(6-7-17-12)13(14,15)16/h6-8,10H,4-5,9H2,1-3H3,(H,17,18). The number of rotatable bonds is 6. The highest BCUT2D eigenvalue weighted by molar-refractivity contribution is 5.39. The molecule has 0 amide bonds. The van der Waals surface area contributed by atoms with Crippen LogP contribution in [0.1, 0.15) is 26.3 Å². The van der Waals surface area contributed by atoms with Gasteiger partial charge in [0.15, 0.2) is 0 Å². The molecular weight excluding hydrogens is 255 g/mol. The molecule has 0 spiro atoms. The van der Waals surface area contributed by atoms with Crippen molar-refractivity contribution in [1.82, 2.24) is 9.88 Å². The first-order valence-electron chi connectivity index (χ1n) is 6.39. The highest BCUT2D eigenvalue weighted by Gasteiger charge is 2.30. The van der Waals surface area contributed by atoms with Crippen LogP contribution in [0.4, 0.5) is 19.0 Å². The van der Waals surface area contributed by atoms with Crippen LogP contribution in [0.5, 0.6) is 0 Å². The average Bonchev–Trinajstić information content (AvgIpc) is 2.35. The maximum Gasteiger partial charge on any atom is 0.416 e. The van der Waals surface area contributed by atoms with E-state index in [0.29, 0.717) is 0 Å². The van der Waals surface area contributed by atoms with Crippen LogP contribution in [-0.2, 0) is 6.18 Å². The van der Waals surface area contributed by atoms with Crippen LogP contribution in [0, 0.1) is 0 Å². The molecule has 0 radical (unpaired) electrons. The van der Waals surface area contributed by atoms with E-state index < -0.39 is 11.7 Å². The van der Waals surface area contributed by atoms with E-state index in [-0.39, 0.29) is 11.9 Å². The minimum Gasteiger partial charge on any atom is -0.366 e. The predicted molar refractivity (Wildman–Crippen MR) is 70.1 cm³/mol. The number of anilines is 1. The fourth-order valence-electron chi connectivity index (χ4n) is 1.85. The van der Waals surface area contributed by atoms with Crippen LogP contribution in [0.25, 0.3) is 0 Å². The largest absolute Gasteiger partial charge is 0.416 e. The lowest BCUT2D eigenvalue weighted by molar-refractivity contribution is -0.137. The van der Waals surface area contributed by atoms with E-state index in [2.05, 4.69) is 29.0 Å². The Kier molecular flexibility index (Phi) is 5.60. The quantitative estimate of drug-likeness (QED) is 0.864. The Labute approximate surface area is 111 Å². The Morgan fingerprint density at radius 3 is 2.47 bits per heavy atom. The molecule has 0 aliphatic carbocycles. The number of likely N-dealkylation sites (N-methyl/N-ethyl adjacent to an activating group) is 1. The third kappa shape index (κ3) is 5.06. The smallest absolute Gasteiger partial charge is 0.366 e. The summed E-state index contributed by atoms with van der Waals surface area (Å²) >= 11 is 0. The first-order chi connectivity index (χ1) is 8.86. The second-order valence-corrected chi connectivity index (χ2v) is 4.46. The maximum atomic E-state index is 12.6. The van der Waals surface area contributed by atoms with Crippen LogP contribution in [-0.4, -0.2) is 35.6 Å². The lowest BCUT2D eigenvalue weighted by atomic mass is 10.2. The van der Waals surface area contributed by atoms with Crippen molar-refractivity contribution in [2.45, 2.75) is 33.0 Å². The van der Waals surface area contributed by atoms with Crippen LogP contribution in [0.2, 0.25) is 0 Å². The lowest BCUT2D eigenvalue weighted by Crippen LogP contribution is -2.35. The SMILES string of the molecule is CCN(CC)CC(C)Nc1cc(C(F)(F)F)ccn1. The van der Waals surface area contributed by atoms with Gasteiger partial charge in [0.2, 0.25) is 0 Å². The van der Waals surface area contributed by atoms with Gasteiger partial charge in [0, 0.05) is 18.8 Å². The van der Waals surface area contributed by atoms with Gasteiger partial charge in [0.05, 0.1) is 5.56 Å². The van der Waals surface area contributed by atoms with E-state index in [1.807, 2.05) is 6.92 Å². The molecular formula is C13H20F3N3. The molecule has 1 atom stereocenters. The van der Waals surface area contributed by atoms with E-state index in [0.717, 1.165) is 31.8 Å². The Balaban J connectivity index is 2.67. The lowest BCUT2D eigenvalue weighted by Gasteiger charge is -2.23. The van der Waals surface area contributed by atoms with Crippen LogP contribution < -0.4 is 5.32 Å². The summed E-state index contributed by atoms with van der Waals surface area (Å²) in [5.74, 6) is 0.259. The molecule has 1 rings (SSSR count). The zero-order chi connectivity index (χ0) is 14.5. The first kappa shape index (κ1) is 15.8. The Hall–Kier alpha value is -1.30. The number of nitrogens with zero attached hydrogens (tertiary/aromatic N) is 2. The second kappa shape index (κ2) is 6.75. The van der Waals surface area contributed by atoms with Crippen LogP contribution in [0.15, 0.2) is 18.3 Å². The summed E-state index contributed by atoms with van der Waals surface area (Å²) in [6.07, 6.45) is -3.16. The predicted octanol–water partition coefficient (Wildman–Crippen LogP) is 3.24. The van der Waals surface area contributed by atoms with E-state index in [1.165, 1.54) is 6.20 Å². The summed E-state index contributed by atoms with van der Waals surface area (Å²) < 4.78 is 37.7. The normalized spacial score (nSPS) is 13.6. The fraction of sp³-hybridized carbons (Fsp3) is 0.615. The maximum absolute atomic E-state index is 12.6. The van der Waals surface area contributed by atoms with E-state index >= 15 is 0 Å². The number of aromatic nitrogens is 1. The second-order valence-electron chi connectivity index (χ2n) is 4.46. The van der Waals surface area contributed by atoms with E-state index in [9.17, 15) is 13.2 Å². The Morgan fingerprint density at radius 2 is 1.95 bits per heavy atom. The third-order valence-electron chi connectivity index (χ3n) is 2.91. The molecule has 0 saturated heterocycles. The zero-order valence-corrected chi connectivity index (χ0v) is 11.5. The van der Waals surface area contributed by atoms with Crippen molar-refractivity contribution in [3.05, 3.63) is 23.9 Å². The number of hydrogen-bond acceptors (Lipinski definition) is 3. The summed E-state index contributed by atoms with van der Waals surface area (Å²) in [5, 5.41) is 3.00. The summed E-state index contributed by atoms with van der Waals surface area (Å²) in [6, 6.07) is 2.05. The molecule has 0 fully saturated rings. The monoisotopic (exact) mass is 275 g/mol. The average molecular weight is 275 g/mol. The fourth-order valence-corrected chi connectivity index (χ4v) is 1.85. The summed E-state index contributed by atoms with van der Waals surface area (Å²) in [6.45, 7) is 8.64. The van der Waals surface area contributed by atoms with Gasteiger partial charge in [-0.2, -0.15) is 13.2 Å².